The van der Waals surface area contributed by atoms with E-state index in [0.717, 1.165) is 0 Å². The number of carboxylic acid groups (broad SMARTS) is 1. The fraction of sp³-hybridized carbons (Fsp3) is 0.778. The molecule has 0 aliphatic carbocycles. The summed E-state index contributed by atoms with van der Waals surface area (Å²) >= 11 is 0. The van der Waals surface area contributed by atoms with Crippen LogP contribution in [0, 0.1) is 0 Å². The van der Waals surface area contributed by atoms with Crippen LogP contribution in [0.1, 0.15) is 20.8 Å². The third kappa shape index (κ3) is 5.50. The van der Waals surface area contributed by atoms with Crippen molar-refractivity contribution >= 4 is 12.1 Å². The molecule has 0 rings (SSSR count). The molecule has 0 aromatic carbocycles. The van der Waals surface area contributed by atoms with Gasteiger partial charge in [-0.15, -0.1) is 0 Å². The van der Waals surface area contributed by atoms with Gasteiger partial charge < -0.3 is 20.3 Å². The third-order valence-corrected chi connectivity index (χ3v) is 1.48. The van der Waals surface area contributed by atoms with E-state index in [2.05, 4.69) is 0 Å². The zero-order chi connectivity index (χ0) is 12.9. The molecular formula is C9H16FNO5. The number of aliphatic carboxylic acids is 1. The van der Waals surface area contributed by atoms with Crippen molar-refractivity contribution in [2.45, 2.75) is 38.5 Å². The maximum atomic E-state index is 12.1. The average molecular weight is 237 g/mol. The summed E-state index contributed by atoms with van der Waals surface area (Å²) in [6.07, 6.45) is -2.82. The Hall–Kier alpha value is -1.37. The van der Waals surface area contributed by atoms with Crippen molar-refractivity contribution in [2.75, 3.05) is 6.67 Å². The summed E-state index contributed by atoms with van der Waals surface area (Å²) in [5, 5.41) is 19.5. The van der Waals surface area contributed by atoms with Crippen LogP contribution in [-0.2, 0) is 9.53 Å². The summed E-state index contributed by atoms with van der Waals surface area (Å²) in [4.78, 5) is 21.8. The maximum absolute atomic E-state index is 12.1. The molecule has 0 saturated carbocycles. The Morgan fingerprint density at radius 3 is 2.25 bits per heavy atom. The summed E-state index contributed by atoms with van der Waals surface area (Å²) in [6, 6.07) is -1.72. The number of carbonyl (C=O) groups is 2. The van der Waals surface area contributed by atoms with Gasteiger partial charge in [-0.3, -0.25) is 0 Å². The van der Waals surface area contributed by atoms with Crippen LogP contribution in [-0.4, -0.2) is 46.7 Å². The van der Waals surface area contributed by atoms with E-state index in [9.17, 15) is 14.0 Å². The van der Waals surface area contributed by atoms with Crippen LogP contribution in [0.4, 0.5) is 9.18 Å². The molecule has 16 heavy (non-hydrogen) atoms. The SMILES string of the molecule is CC(C)(C)OC(=O)NC(C(=O)O)C(O)CF. The van der Waals surface area contributed by atoms with Gasteiger partial charge in [0.15, 0.2) is 6.04 Å². The van der Waals surface area contributed by atoms with Crippen LogP contribution in [0.2, 0.25) is 0 Å². The Bertz CT molecular complexity index is 263. The van der Waals surface area contributed by atoms with Crippen LogP contribution >= 0.6 is 0 Å². The van der Waals surface area contributed by atoms with Crippen molar-refractivity contribution in [1.29, 1.82) is 0 Å². The number of amides is 1. The molecule has 2 unspecified atom stereocenters. The van der Waals surface area contributed by atoms with Crippen LogP contribution in [0.25, 0.3) is 0 Å². The van der Waals surface area contributed by atoms with Crippen molar-refractivity contribution in [3.63, 3.8) is 0 Å². The van der Waals surface area contributed by atoms with Crippen LogP contribution in [0.15, 0.2) is 0 Å². The Kier molecular flexibility index (Phi) is 5.16. The van der Waals surface area contributed by atoms with Crippen molar-refractivity contribution in [3.05, 3.63) is 0 Å². The fourth-order valence-electron chi connectivity index (χ4n) is 0.846. The van der Waals surface area contributed by atoms with E-state index in [1.165, 1.54) is 0 Å². The number of aliphatic hydroxyl groups is 1. The number of carbonyl (C=O) groups excluding carboxylic acids is 1. The van der Waals surface area contributed by atoms with Crippen LogP contribution in [0.5, 0.6) is 0 Å². The normalized spacial score (nSPS) is 15.1. The number of alkyl carbamates (subject to hydrolysis) is 1. The number of nitrogens with one attached hydrogen (secondary N) is 1. The molecule has 0 aromatic heterocycles. The van der Waals surface area contributed by atoms with Crippen molar-refractivity contribution in [1.82, 2.24) is 5.32 Å². The molecule has 0 spiro atoms. The third-order valence-electron chi connectivity index (χ3n) is 1.48. The summed E-state index contributed by atoms with van der Waals surface area (Å²) in [5.41, 5.74) is -0.798. The molecule has 1 amide bonds. The molecule has 7 heteroatoms. The molecule has 0 fully saturated rings. The van der Waals surface area contributed by atoms with Gasteiger partial charge in [0, 0.05) is 0 Å². The van der Waals surface area contributed by atoms with E-state index in [-0.39, 0.29) is 0 Å². The van der Waals surface area contributed by atoms with Gasteiger partial charge in [-0.05, 0) is 20.8 Å². The number of aliphatic hydroxyl groups excluding tert-OH is 1. The van der Waals surface area contributed by atoms with Crippen molar-refractivity contribution < 1.29 is 28.9 Å². The second-order valence-corrected chi connectivity index (χ2v) is 4.18. The predicted octanol–water partition coefficient (Wildman–Crippen LogP) is 0.295. The Labute approximate surface area is 92.4 Å². The first-order valence-electron chi connectivity index (χ1n) is 4.63. The van der Waals surface area contributed by atoms with Gasteiger partial charge in [-0.25, -0.2) is 14.0 Å². The molecular weight excluding hydrogens is 221 g/mol. The van der Waals surface area contributed by atoms with Crippen molar-refractivity contribution in [2.24, 2.45) is 0 Å². The van der Waals surface area contributed by atoms with Gasteiger partial charge in [0.2, 0.25) is 0 Å². The zero-order valence-electron chi connectivity index (χ0n) is 9.36. The lowest BCUT2D eigenvalue weighted by Gasteiger charge is -2.23. The maximum Gasteiger partial charge on any atom is 0.408 e. The molecule has 94 valence electrons. The summed E-state index contributed by atoms with van der Waals surface area (Å²) in [6.45, 7) is 3.50. The van der Waals surface area contributed by atoms with E-state index in [1.54, 1.807) is 20.8 Å². The predicted molar refractivity (Wildman–Crippen MR) is 52.8 cm³/mol. The number of hydrogen-bond donors (Lipinski definition) is 3. The Morgan fingerprint density at radius 1 is 1.44 bits per heavy atom. The van der Waals surface area contributed by atoms with Crippen LogP contribution < -0.4 is 5.32 Å². The van der Waals surface area contributed by atoms with E-state index < -0.39 is 36.5 Å². The van der Waals surface area contributed by atoms with E-state index in [0.29, 0.717) is 0 Å². The summed E-state index contributed by atoms with van der Waals surface area (Å²) in [7, 11) is 0. The minimum atomic E-state index is -1.80. The van der Waals surface area contributed by atoms with Gasteiger partial charge >= 0.3 is 12.1 Å². The standard InChI is InChI=1S/C9H16FNO5/c1-9(2,3)16-8(15)11-6(7(13)14)5(12)4-10/h5-6,12H,4H2,1-3H3,(H,11,15)(H,13,14). The lowest BCUT2D eigenvalue weighted by molar-refractivity contribution is -0.142. The molecule has 0 saturated heterocycles. The monoisotopic (exact) mass is 237 g/mol. The molecule has 0 aromatic rings. The van der Waals surface area contributed by atoms with Gasteiger partial charge in [-0.2, -0.15) is 0 Å². The highest BCUT2D eigenvalue weighted by Gasteiger charge is 2.30. The minimum Gasteiger partial charge on any atom is -0.480 e. The molecule has 6 nitrogen and oxygen atoms in total. The second kappa shape index (κ2) is 5.64. The number of halogens is 1. The highest BCUT2D eigenvalue weighted by Crippen LogP contribution is 2.07. The Balaban J connectivity index is 4.42. The summed E-state index contributed by atoms with van der Waals surface area (Å²) in [5.74, 6) is -1.53. The molecule has 0 heterocycles. The highest BCUT2D eigenvalue weighted by atomic mass is 19.1. The number of alkyl halides is 1. The van der Waals surface area contributed by atoms with Gasteiger partial charge in [0.25, 0.3) is 0 Å². The first-order valence-corrected chi connectivity index (χ1v) is 4.63. The topological polar surface area (TPSA) is 95.9 Å². The zero-order valence-corrected chi connectivity index (χ0v) is 9.36. The van der Waals surface area contributed by atoms with Gasteiger partial charge in [-0.1, -0.05) is 0 Å². The molecule has 2 atom stereocenters. The van der Waals surface area contributed by atoms with Gasteiger partial charge in [0.05, 0.1) is 0 Å². The average Bonchev–Trinajstić information content (AvgIpc) is 2.09. The van der Waals surface area contributed by atoms with Crippen molar-refractivity contribution in [3.8, 4) is 0 Å². The van der Waals surface area contributed by atoms with E-state index in [1.807, 2.05) is 5.32 Å². The lowest BCUT2D eigenvalue weighted by Crippen LogP contribution is -2.50. The molecule has 3 N–H and O–H groups in total. The number of carboxylic acids is 1. The quantitative estimate of drug-likeness (QED) is 0.653. The first-order chi connectivity index (χ1) is 7.17. The summed E-state index contributed by atoms with van der Waals surface area (Å²) < 4.78 is 16.8. The minimum absolute atomic E-state index is 0.798. The van der Waals surface area contributed by atoms with E-state index in [4.69, 9.17) is 14.9 Å². The number of ether oxygens (including phenoxy) is 1. The number of hydrogen-bond acceptors (Lipinski definition) is 4. The first kappa shape index (κ1) is 14.6. The van der Waals surface area contributed by atoms with Gasteiger partial charge in [0.1, 0.15) is 18.4 Å². The smallest absolute Gasteiger partial charge is 0.408 e. The molecule has 0 aliphatic heterocycles. The largest absolute Gasteiger partial charge is 0.480 e. The lowest BCUT2D eigenvalue weighted by atomic mass is 10.2. The Morgan fingerprint density at radius 2 is 1.94 bits per heavy atom. The highest BCUT2D eigenvalue weighted by molar-refractivity contribution is 5.80. The fourth-order valence-corrected chi connectivity index (χ4v) is 0.846. The molecule has 0 radical (unpaired) electrons. The second-order valence-electron chi connectivity index (χ2n) is 4.18. The molecule has 0 aliphatic rings. The van der Waals surface area contributed by atoms with E-state index >= 15 is 0 Å². The molecule has 0 bridgehead atoms. The van der Waals surface area contributed by atoms with Crippen LogP contribution in [0.3, 0.4) is 0 Å². The number of rotatable bonds is 4.